The number of anilines is 1. The van der Waals surface area contributed by atoms with Gasteiger partial charge in [0.15, 0.2) is 0 Å². The number of hydrogen-bond acceptors (Lipinski definition) is 2. The molecule has 0 aliphatic heterocycles. The van der Waals surface area contributed by atoms with Gasteiger partial charge in [0, 0.05) is 19.5 Å². The van der Waals surface area contributed by atoms with Crippen molar-refractivity contribution >= 4 is 54.8 Å². The molecule has 0 saturated carbocycles. The Morgan fingerprint density at radius 2 is 1.88 bits per heavy atom. The molecular formula is C12H9Br2NOS. The molecule has 1 aromatic carbocycles. The molecule has 0 radical (unpaired) electrons. The number of benzene rings is 1. The van der Waals surface area contributed by atoms with Gasteiger partial charge >= 0.3 is 0 Å². The molecule has 5 heteroatoms. The van der Waals surface area contributed by atoms with E-state index in [0.717, 1.165) is 19.5 Å². The average Bonchev–Trinajstić information content (AvgIpc) is 2.63. The predicted molar refractivity (Wildman–Crippen MR) is 78.9 cm³/mol. The molecule has 0 bridgehead atoms. The lowest BCUT2D eigenvalue weighted by Crippen LogP contribution is -2.09. The van der Waals surface area contributed by atoms with Crippen LogP contribution in [0.3, 0.4) is 0 Å². The van der Waals surface area contributed by atoms with Gasteiger partial charge < -0.3 is 5.32 Å². The molecule has 0 atom stereocenters. The number of carbonyl (C=O) groups excluding carboxylic acids is 1. The maximum atomic E-state index is 11.9. The van der Waals surface area contributed by atoms with Crippen LogP contribution in [0.2, 0.25) is 0 Å². The number of carbonyl (C=O) groups is 1. The van der Waals surface area contributed by atoms with Crippen LogP contribution in [0.5, 0.6) is 0 Å². The molecule has 2 nitrogen and oxygen atoms in total. The summed E-state index contributed by atoms with van der Waals surface area (Å²) in [5.41, 5.74) is 0.792. The normalized spacial score (nSPS) is 10.3. The van der Waals surface area contributed by atoms with Gasteiger partial charge in [-0.05, 0) is 53.2 Å². The van der Waals surface area contributed by atoms with E-state index in [-0.39, 0.29) is 5.91 Å². The van der Waals surface area contributed by atoms with Gasteiger partial charge in [-0.2, -0.15) is 0 Å². The summed E-state index contributed by atoms with van der Waals surface area (Å²) in [5.74, 6) is -0.0777. The van der Waals surface area contributed by atoms with Crippen molar-refractivity contribution in [2.45, 2.75) is 6.92 Å². The third-order valence-electron chi connectivity index (χ3n) is 2.18. The van der Waals surface area contributed by atoms with E-state index in [1.807, 2.05) is 37.3 Å². The van der Waals surface area contributed by atoms with E-state index in [0.29, 0.717) is 4.88 Å². The van der Waals surface area contributed by atoms with Crippen molar-refractivity contribution in [3.8, 4) is 0 Å². The summed E-state index contributed by atoms with van der Waals surface area (Å²) in [4.78, 5) is 13.7. The van der Waals surface area contributed by atoms with Crippen LogP contribution < -0.4 is 5.32 Å². The van der Waals surface area contributed by atoms with Crippen LogP contribution in [0.1, 0.15) is 14.5 Å². The number of nitrogens with one attached hydrogen (secondary N) is 1. The Labute approximate surface area is 120 Å². The SMILES string of the molecule is Cc1sc(C(=O)Nc2ccc(Br)cc2)cc1Br. The van der Waals surface area contributed by atoms with E-state index in [9.17, 15) is 4.79 Å². The molecule has 0 unspecified atom stereocenters. The predicted octanol–water partition coefficient (Wildman–Crippen LogP) is 4.83. The molecule has 0 spiro atoms. The fourth-order valence-corrected chi connectivity index (χ4v) is 2.99. The van der Waals surface area contributed by atoms with Gasteiger partial charge in [-0.25, -0.2) is 0 Å². The molecule has 0 aliphatic rings. The maximum absolute atomic E-state index is 11.9. The second-order valence-corrected chi connectivity index (χ2v) is 6.50. The molecule has 1 aromatic heterocycles. The largest absolute Gasteiger partial charge is 0.321 e. The summed E-state index contributed by atoms with van der Waals surface area (Å²) in [5, 5.41) is 2.86. The first-order valence-corrected chi connectivity index (χ1v) is 7.29. The van der Waals surface area contributed by atoms with Crippen molar-refractivity contribution in [3.63, 3.8) is 0 Å². The van der Waals surface area contributed by atoms with E-state index in [1.54, 1.807) is 0 Å². The standard InChI is InChI=1S/C12H9Br2NOS/c1-7-10(14)6-11(17-7)12(16)15-9-4-2-8(13)3-5-9/h2-6H,1H3,(H,15,16). The molecular weight excluding hydrogens is 366 g/mol. The second kappa shape index (κ2) is 5.33. The Balaban J connectivity index is 2.14. The van der Waals surface area contributed by atoms with Crippen molar-refractivity contribution in [2.75, 3.05) is 5.32 Å². The zero-order valence-electron chi connectivity index (χ0n) is 8.96. The number of amides is 1. The molecule has 2 aromatic rings. The Morgan fingerprint density at radius 1 is 1.24 bits per heavy atom. The minimum atomic E-state index is -0.0777. The van der Waals surface area contributed by atoms with Crippen molar-refractivity contribution in [2.24, 2.45) is 0 Å². The highest BCUT2D eigenvalue weighted by atomic mass is 79.9. The Hall–Kier alpha value is -0.650. The maximum Gasteiger partial charge on any atom is 0.265 e. The summed E-state index contributed by atoms with van der Waals surface area (Å²) < 4.78 is 1.97. The molecule has 0 saturated heterocycles. The summed E-state index contributed by atoms with van der Waals surface area (Å²) in [7, 11) is 0. The number of aryl methyl sites for hydroxylation is 1. The van der Waals surface area contributed by atoms with Crippen LogP contribution in [0, 0.1) is 6.92 Å². The fourth-order valence-electron chi connectivity index (χ4n) is 1.30. The molecule has 17 heavy (non-hydrogen) atoms. The Bertz CT molecular complexity index is 529. The zero-order chi connectivity index (χ0) is 12.4. The Kier molecular flexibility index (Phi) is 4.01. The van der Waals surface area contributed by atoms with E-state index in [2.05, 4.69) is 37.2 Å². The van der Waals surface area contributed by atoms with Gasteiger partial charge in [0.1, 0.15) is 0 Å². The smallest absolute Gasteiger partial charge is 0.265 e. The van der Waals surface area contributed by atoms with Crippen LogP contribution in [0.25, 0.3) is 0 Å². The molecule has 1 amide bonds. The lowest BCUT2D eigenvalue weighted by molar-refractivity contribution is 0.103. The topological polar surface area (TPSA) is 29.1 Å². The van der Waals surface area contributed by atoms with Crippen LogP contribution in [-0.2, 0) is 0 Å². The van der Waals surface area contributed by atoms with Gasteiger partial charge in [0.2, 0.25) is 0 Å². The van der Waals surface area contributed by atoms with E-state index in [4.69, 9.17) is 0 Å². The second-order valence-electron chi connectivity index (χ2n) is 3.48. The van der Waals surface area contributed by atoms with E-state index in [1.165, 1.54) is 11.3 Å². The number of halogens is 2. The van der Waals surface area contributed by atoms with Gasteiger partial charge in [-0.3, -0.25) is 4.79 Å². The third kappa shape index (κ3) is 3.18. The molecule has 1 N–H and O–H groups in total. The fraction of sp³-hybridized carbons (Fsp3) is 0.0833. The molecule has 1 heterocycles. The lowest BCUT2D eigenvalue weighted by Gasteiger charge is -2.02. The van der Waals surface area contributed by atoms with E-state index >= 15 is 0 Å². The number of hydrogen-bond donors (Lipinski definition) is 1. The monoisotopic (exact) mass is 373 g/mol. The van der Waals surface area contributed by atoms with Crippen LogP contribution in [0.4, 0.5) is 5.69 Å². The quantitative estimate of drug-likeness (QED) is 0.800. The summed E-state index contributed by atoms with van der Waals surface area (Å²) in [6, 6.07) is 9.35. The summed E-state index contributed by atoms with van der Waals surface area (Å²) >= 11 is 8.23. The molecule has 0 fully saturated rings. The van der Waals surface area contributed by atoms with Gasteiger partial charge in [0.25, 0.3) is 5.91 Å². The van der Waals surface area contributed by atoms with Gasteiger partial charge in [-0.1, -0.05) is 15.9 Å². The highest BCUT2D eigenvalue weighted by molar-refractivity contribution is 9.10. The number of rotatable bonds is 2. The highest BCUT2D eigenvalue weighted by Gasteiger charge is 2.11. The average molecular weight is 375 g/mol. The molecule has 0 aliphatic carbocycles. The van der Waals surface area contributed by atoms with Gasteiger partial charge in [0.05, 0.1) is 4.88 Å². The zero-order valence-corrected chi connectivity index (χ0v) is 12.9. The van der Waals surface area contributed by atoms with Crippen molar-refractivity contribution in [3.05, 3.63) is 49.0 Å². The van der Waals surface area contributed by atoms with Crippen molar-refractivity contribution in [1.82, 2.24) is 0 Å². The minimum absolute atomic E-state index is 0.0777. The Morgan fingerprint density at radius 3 is 2.41 bits per heavy atom. The number of thiophene rings is 1. The first kappa shape index (κ1) is 12.8. The van der Waals surface area contributed by atoms with Crippen LogP contribution >= 0.6 is 43.2 Å². The van der Waals surface area contributed by atoms with Crippen molar-refractivity contribution in [1.29, 1.82) is 0 Å². The summed E-state index contributed by atoms with van der Waals surface area (Å²) in [6.07, 6.45) is 0. The minimum Gasteiger partial charge on any atom is -0.321 e. The summed E-state index contributed by atoms with van der Waals surface area (Å²) in [6.45, 7) is 1.98. The first-order valence-electron chi connectivity index (χ1n) is 4.89. The third-order valence-corrected chi connectivity index (χ3v) is 4.85. The van der Waals surface area contributed by atoms with Crippen LogP contribution in [0.15, 0.2) is 39.3 Å². The highest BCUT2D eigenvalue weighted by Crippen LogP contribution is 2.27. The molecule has 2 rings (SSSR count). The van der Waals surface area contributed by atoms with Gasteiger partial charge in [-0.15, -0.1) is 11.3 Å². The van der Waals surface area contributed by atoms with Crippen molar-refractivity contribution < 1.29 is 4.79 Å². The molecule has 88 valence electrons. The van der Waals surface area contributed by atoms with Crippen LogP contribution in [-0.4, -0.2) is 5.91 Å². The lowest BCUT2D eigenvalue weighted by atomic mass is 10.3. The van der Waals surface area contributed by atoms with E-state index < -0.39 is 0 Å². The first-order chi connectivity index (χ1) is 8.06.